The van der Waals surface area contributed by atoms with E-state index in [0.29, 0.717) is 16.9 Å². The fraction of sp³-hybridized carbons (Fsp3) is 0.125. The first kappa shape index (κ1) is 20.3. The highest BCUT2D eigenvalue weighted by Crippen LogP contribution is 2.42. The van der Waals surface area contributed by atoms with Crippen LogP contribution in [0.15, 0.2) is 72.6 Å². The third kappa shape index (κ3) is 3.54. The molecule has 1 aliphatic heterocycles. The van der Waals surface area contributed by atoms with E-state index in [0.717, 1.165) is 5.56 Å². The minimum Gasteiger partial charge on any atom is -0.507 e. The molecule has 3 aromatic rings. The Bertz CT molecular complexity index is 1210. The molecule has 7 heteroatoms. The zero-order valence-corrected chi connectivity index (χ0v) is 16.9. The highest BCUT2D eigenvalue weighted by Gasteiger charge is 2.47. The molecule has 1 saturated heterocycles. The Labute approximate surface area is 178 Å². The van der Waals surface area contributed by atoms with Gasteiger partial charge in [-0.05, 0) is 66.6 Å². The van der Waals surface area contributed by atoms with Gasteiger partial charge >= 0.3 is 0 Å². The van der Waals surface area contributed by atoms with Crippen molar-refractivity contribution in [3.05, 3.63) is 95.1 Å². The summed E-state index contributed by atoms with van der Waals surface area (Å²) >= 11 is 0. The molecule has 31 heavy (non-hydrogen) atoms. The molecule has 1 N–H and O–H groups in total. The Balaban J connectivity index is 1.93. The SMILES string of the molecule is COc1ccc(/C(O)=C2\C(=O)C(=O)N(c3cccc(F)c3)C2c2ccncc2)cc1C. The quantitative estimate of drug-likeness (QED) is 0.391. The van der Waals surface area contributed by atoms with Crippen molar-refractivity contribution in [3.63, 3.8) is 0 Å². The highest BCUT2D eigenvalue weighted by molar-refractivity contribution is 6.51. The van der Waals surface area contributed by atoms with Crippen LogP contribution in [0.5, 0.6) is 5.75 Å². The summed E-state index contributed by atoms with van der Waals surface area (Å²) in [5, 5.41) is 11.1. The van der Waals surface area contributed by atoms with Crippen LogP contribution in [0.2, 0.25) is 0 Å². The lowest BCUT2D eigenvalue weighted by Crippen LogP contribution is -2.29. The van der Waals surface area contributed by atoms with Gasteiger partial charge in [0.25, 0.3) is 11.7 Å². The van der Waals surface area contributed by atoms with Crippen LogP contribution in [0.4, 0.5) is 10.1 Å². The van der Waals surface area contributed by atoms with Crippen molar-refractivity contribution in [1.82, 2.24) is 4.98 Å². The number of amides is 1. The molecule has 0 saturated carbocycles. The zero-order chi connectivity index (χ0) is 22.1. The number of anilines is 1. The largest absolute Gasteiger partial charge is 0.507 e. The predicted octanol–water partition coefficient (Wildman–Crippen LogP) is 4.16. The van der Waals surface area contributed by atoms with Gasteiger partial charge in [0, 0.05) is 23.6 Å². The van der Waals surface area contributed by atoms with E-state index in [1.807, 2.05) is 0 Å². The summed E-state index contributed by atoms with van der Waals surface area (Å²) in [5.41, 5.74) is 1.82. The highest BCUT2D eigenvalue weighted by atomic mass is 19.1. The predicted molar refractivity (Wildman–Crippen MR) is 113 cm³/mol. The number of Topliss-reactive ketones (excluding diaryl/α,β-unsaturated/α-hetero) is 1. The smallest absolute Gasteiger partial charge is 0.300 e. The second kappa shape index (κ2) is 8.02. The topological polar surface area (TPSA) is 79.7 Å². The third-order valence-electron chi connectivity index (χ3n) is 5.22. The number of aliphatic hydroxyl groups excluding tert-OH is 1. The van der Waals surface area contributed by atoms with Gasteiger partial charge in [0.15, 0.2) is 0 Å². The van der Waals surface area contributed by atoms with E-state index in [4.69, 9.17) is 4.74 Å². The van der Waals surface area contributed by atoms with Crippen molar-refractivity contribution in [1.29, 1.82) is 0 Å². The Morgan fingerprint density at radius 1 is 1.10 bits per heavy atom. The number of ketones is 1. The van der Waals surface area contributed by atoms with E-state index in [9.17, 15) is 19.1 Å². The average molecular weight is 418 g/mol. The van der Waals surface area contributed by atoms with Gasteiger partial charge in [-0.15, -0.1) is 0 Å². The summed E-state index contributed by atoms with van der Waals surface area (Å²) in [5.74, 6) is -1.93. The first-order valence-electron chi connectivity index (χ1n) is 9.54. The number of halogens is 1. The monoisotopic (exact) mass is 418 g/mol. The molecule has 0 aliphatic carbocycles. The van der Waals surface area contributed by atoms with Gasteiger partial charge in [0.05, 0.1) is 18.7 Å². The number of pyridine rings is 1. The molecule has 0 bridgehead atoms. The summed E-state index contributed by atoms with van der Waals surface area (Å²) < 4.78 is 19.2. The van der Waals surface area contributed by atoms with Crippen LogP contribution in [0.25, 0.3) is 5.76 Å². The number of benzene rings is 2. The van der Waals surface area contributed by atoms with Gasteiger partial charge in [0.1, 0.15) is 17.3 Å². The number of carbonyl (C=O) groups excluding carboxylic acids is 2. The number of aliphatic hydroxyl groups is 1. The molecule has 6 nitrogen and oxygen atoms in total. The lowest BCUT2D eigenvalue weighted by molar-refractivity contribution is -0.132. The van der Waals surface area contributed by atoms with Crippen molar-refractivity contribution < 1.29 is 23.8 Å². The van der Waals surface area contributed by atoms with Crippen molar-refractivity contribution in [2.45, 2.75) is 13.0 Å². The second-order valence-electron chi connectivity index (χ2n) is 7.11. The first-order valence-corrected chi connectivity index (χ1v) is 9.54. The minimum absolute atomic E-state index is 0.0787. The summed E-state index contributed by atoms with van der Waals surface area (Å²) in [4.78, 5) is 31.2. The van der Waals surface area contributed by atoms with E-state index in [1.165, 1.54) is 42.6 Å². The molecule has 4 rings (SSSR count). The molecule has 1 unspecified atom stereocenters. The number of carbonyl (C=O) groups is 2. The number of aromatic nitrogens is 1. The fourth-order valence-electron chi connectivity index (χ4n) is 3.77. The lowest BCUT2D eigenvalue weighted by Gasteiger charge is -2.25. The molecular formula is C24H19FN2O4. The fourth-order valence-corrected chi connectivity index (χ4v) is 3.77. The number of aryl methyl sites for hydroxylation is 1. The number of hydrogen-bond acceptors (Lipinski definition) is 5. The number of hydrogen-bond donors (Lipinski definition) is 1. The third-order valence-corrected chi connectivity index (χ3v) is 5.22. The Morgan fingerprint density at radius 2 is 1.84 bits per heavy atom. The molecule has 0 spiro atoms. The molecule has 156 valence electrons. The number of rotatable bonds is 4. The molecule has 1 fully saturated rings. The number of methoxy groups -OCH3 is 1. The van der Waals surface area contributed by atoms with Crippen molar-refractivity contribution in [3.8, 4) is 5.75 Å². The summed E-state index contributed by atoms with van der Waals surface area (Å²) in [7, 11) is 1.54. The lowest BCUT2D eigenvalue weighted by atomic mass is 9.95. The normalized spacial score (nSPS) is 17.8. The van der Waals surface area contributed by atoms with Gasteiger partial charge in [0.2, 0.25) is 0 Å². The van der Waals surface area contributed by atoms with E-state index >= 15 is 0 Å². The van der Waals surface area contributed by atoms with Crippen molar-refractivity contribution >= 4 is 23.1 Å². The van der Waals surface area contributed by atoms with Gasteiger partial charge in [-0.3, -0.25) is 19.5 Å². The van der Waals surface area contributed by atoms with Crippen molar-refractivity contribution in [2.75, 3.05) is 12.0 Å². The van der Waals surface area contributed by atoms with Crippen LogP contribution in [0.3, 0.4) is 0 Å². The van der Waals surface area contributed by atoms with Gasteiger partial charge in [-0.25, -0.2) is 4.39 Å². The maximum absolute atomic E-state index is 13.9. The van der Waals surface area contributed by atoms with Crippen LogP contribution in [-0.2, 0) is 9.59 Å². The molecule has 1 atom stereocenters. The average Bonchev–Trinajstić information content (AvgIpc) is 3.04. The molecule has 2 heterocycles. The molecule has 1 amide bonds. The van der Waals surface area contributed by atoms with E-state index in [1.54, 1.807) is 43.3 Å². The van der Waals surface area contributed by atoms with Crippen LogP contribution < -0.4 is 9.64 Å². The Hall–Kier alpha value is -4.00. The van der Waals surface area contributed by atoms with Crippen LogP contribution >= 0.6 is 0 Å². The molecule has 2 aromatic carbocycles. The van der Waals surface area contributed by atoms with Crippen LogP contribution in [-0.4, -0.2) is 28.9 Å². The van der Waals surface area contributed by atoms with Crippen LogP contribution in [0, 0.1) is 12.7 Å². The molecule has 0 radical (unpaired) electrons. The maximum atomic E-state index is 13.9. The number of ether oxygens (including phenoxy) is 1. The molecular weight excluding hydrogens is 399 g/mol. The van der Waals surface area contributed by atoms with Crippen LogP contribution in [0.1, 0.15) is 22.7 Å². The van der Waals surface area contributed by atoms with E-state index in [2.05, 4.69) is 4.98 Å². The standard InChI is InChI=1S/C24H19FN2O4/c1-14-12-16(6-7-19(14)31-2)22(28)20-21(15-8-10-26-11-9-15)27(24(30)23(20)29)18-5-3-4-17(25)13-18/h3-13,21,28H,1-2H3/b22-20+. The summed E-state index contributed by atoms with van der Waals surface area (Å²) in [6, 6.07) is 12.7. The summed E-state index contributed by atoms with van der Waals surface area (Å²) in [6.45, 7) is 1.81. The second-order valence-corrected chi connectivity index (χ2v) is 7.11. The minimum atomic E-state index is -0.938. The van der Waals surface area contributed by atoms with E-state index in [-0.39, 0.29) is 17.0 Å². The van der Waals surface area contributed by atoms with E-state index < -0.39 is 23.5 Å². The Kier molecular flexibility index (Phi) is 5.25. The summed E-state index contributed by atoms with van der Waals surface area (Å²) in [6.07, 6.45) is 3.05. The van der Waals surface area contributed by atoms with Crippen molar-refractivity contribution in [2.24, 2.45) is 0 Å². The van der Waals surface area contributed by atoms with Gasteiger partial charge in [-0.2, -0.15) is 0 Å². The maximum Gasteiger partial charge on any atom is 0.300 e. The number of nitrogens with zero attached hydrogens (tertiary/aromatic N) is 2. The van der Waals surface area contributed by atoms with Gasteiger partial charge < -0.3 is 9.84 Å². The molecule has 1 aliphatic rings. The first-order chi connectivity index (χ1) is 14.9. The van der Waals surface area contributed by atoms with Gasteiger partial charge in [-0.1, -0.05) is 6.07 Å². The molecule has 1 aromatic heterocycles. The zero-order valence-electron chi connectivity index (χ0n) is 16.9. The Morgan fingerprint density at radius 3 is 2.48 bits per heavy atom.